The van der Waals surface area contributed by atoms with Crippen LogP contribution in [0.5, 0.6) is 0 Å². The summed E-state index contributed by atoms with van der Waals surface area (Å²) in [7, 11) is 0. The molecule has 4 nitrogen and oxygen atoms in total. The minimum atomic E-state index is -0.144. The van der Waals surface area contributed by atoms with Crippen LogP contribution in [0.3, 0.4) is 0 Å². The lowest BCUT2D eigenvalue weighted by Crippen LogP contribution is -2.29. The van der Waals surface area contributed by atoms with Crippen LogP contribution in [0.2, 0.25) is 0 Å². The summed E-state index contributed by atoms with van der Waals surface area (Å²) in [5.41, 5.74) is 7.41. The largest absolute Gasteiger partial charge is 0.451 e. The average molecular weight is 258 g/mol. The second-order valence-electron chi connectivity index (χ2n) is 5.44. The van der Waals surface area contributed by atoms with Crippen molar-refractivity contribution in [2.75, 3.05) is 12.3 Å². The molecule has 2 aromatic rings. The number of rotatable bonds is 4. The summed E-state index contributed by atoms with van der Waals surface area (Å²) in [5.74, 6) is 0.210. The van der Waals surface area contributed by atoms with Gasteiger partial charge >= 0.3 is 0 Å². The molecule has 1 aliphatic rings. The fourth-order valence-corrected chi connectivity index (χ4v) is 2.36. The molecular formula is C15H18N2O2. The monoisotopic (exact) mass is 258 g/mol. The number of hydrogen-bond acceptors (Lipinski definition) is 3. The van der Waals surface area contributed by atoms with Crippen LogP contribution < -0.4 is 11.1 Å². The molecular weight excluding hydrogens is 240 g/mol. The van der Waals surface area contributed by atoms with Crippen molar-refractivity contribution in [1.82, 2.24) is 5.32 Å². The maximum absolute atomic E-state index is 12.1. The van der Waals surface area contributed by atoms with E-state index in [1.807, 2.05) is 6.07 Å². The van der Waals surface area contributed by atoms with Gasteiger partial charge in [-0.3, -0.25) is 4.79 Å². The number of nitrogens with two attached hydrogens (primary N) is 1. The molecule has 0 saturated heterocycles. The van der Waals surface area contributed by atoms with Crippen LogP contribution in [-0.4, -0.2) is 12.5 Å². The van der Waals surface area contributed by atoms with E-state index in [1.165, 1.54) is 12.8 Å². The number of furan rings is 1. The highest BCUT2D eigenvalue weighted by molar-refractivity contribution is 5.96. The molecule has 3 N–H and O–H groups in total. The van der Waals surface area contributed by atoms with E-state index >= 15 is 0 Å². The van der Waals surface area contributed by atoms with Gasteiger partial charge in [-0.2, -0.15) is 0 Å². The van der Waals surface area contributed by atoms with Crippen molar-refractivity contribution in [3.8, 4) is 0 Å². The summed E-state index contributed by atoms with van der Waals surface area (Å²) in [6, 6.07) is 7.11. The highest BCUT2D eigenvalue weighted by Gasteiger charge is 2.40. The van der Waals surface area contributed by atoms with Crippen LogP contribution in [0, 0.1) is 5.41 Å². The van der Waals surface area contributed by atoms with Gasteiger partial charge in [0.05, 0.1) is 0 Å². The van der Waals surface area contributed by atoms with Crippen LogP contribution in [0.25, 0.3) is 11.0 Å². The lowest BCUT2D eigenvalue weighted by molar-refractivity contribution is 0.0918. The van der Waals surface area contributed by atoms with Gasteiger partial charge in [-0.05, 0) is 48.9 Å². The maximum atomic E-state index is 12.1. The maximum Gasteiger partial charge on any atom is 0.287 e. The van der Waals surface area contributed by atoms with Gasteiger partial charge in [-0.15, -0.1) is 0 Å². The molecule has 100 valence electrons. The Morgan fingerprint density at radius 1 is 1.42 bits per heavy atom. The number of benzene rings is 1. The molecule has 0 radical (unpaired) electrons. The topological polar surface area (TPSA) is 68.3 Å². The van der Waals surface area contributed by atoms with Gasteiger partial charge in [0.2, 0.25) is 0 Å². The summed E-state index contributed by atoms with van der Waals surface area (Å²) in [6.07, 6.45) is 3.53. The number of amides is 1. The summed E-state index contributed by atoms with van der Waals surface area (Å²) in [5, 5.41) is 3.83. The molecule has 1 aliphatic carbocycles. The van der Waals surface area contributed by atoms with E-state index < -0.39 is 0 Å². The van der Waals surface area contributed by atoms with Crippen molar-refractivity contribution in [3.05, 3.63) is 30.0 Å². The normalized spacial score (nSPS) is 16.5. The molecule has 0 bridgehead atoms. The number of fused-ring (bicyclic) bond motifs is 1. The first-order valence-corrected chi connectivity index (χ1v) is 6.69. The van der Waals surface area contributed by atoms with Gasteiger partial charge in [-0.1, -0.05) is 6.92 Å². The average Bonchev–Trinajstić information content (AvgIpc) is 3.07. The van der Waals surface area contributed by atoms with Crippen LogP contribution in [0.1, 0.15) is 36.7 Å². The van der Waals surface area contributed by atoms with E-state index in [2.05, 4.69) is 12.2 Å². The van der Waals surface area contributed by atoms with E-state index in [0.29, 0.717) is 22.4 Å². The van der Waals surface area contributed by atoms with Crippen molar-refractivity contribution in [2.45, 2.75) is 26.2 Å². The van der Waals surface area contributed by atoms with Gasteiger partial charge in [0, 0.05) is 17.6 Å². The first-order valence-electron chi connectivity index (χ1n) is 6.69. The summed E-state index contributed by atoms with van der Waals surface area (Å²) in [6.45, 7) is 2.91. The highest BCUT2D eigenvalue weighted by atomic mass is 16.3. The Morgan fingerprint density at radius 3 is 2.89 bits per heavy atom. The van der Waals surface area contributed by atoms with Gasteiger partial charge in [-0.25, -0.2) is 0 Å². The van der Waals surface area contributed by atoms with Crippen LogP contribution in [0.4, 0.5) is 5.69 Å². The third kappa shape index (κ3) is 2.30. The quantitative estimate of drug-likeness (QED) is 0.828. The van der Waals surface area contributed by atoms with Gasteiger partial charge < -0.3 is 15.5 Å². The van der Waals surface area contributed by atoms with E-state index in [9.17, 15) is 4.79 Å². The molecule has 1 heterocycles. The Balaban J connectivity index is 1.74. The predicted molar refractivity (Wildman–Crippen MR) is 74.9 cm³/mol. The summed E-state index contributed by atoms with van der Waals surface area (Å²) >= 11 is 0. The number of hydrogen-bond donors (Lipinski definition) is 2. The number of nitrogens with one attached hydrogen (secondary N) is 1. The highest BCUT2D eigenvalue weighted by Crippen LogP contribution is 2.47. The Kier molecular flexibility index (Phi) is 2.73. The van der Waals surface area contributed by atoms with E-state index in [0.717, 1.165) is 18.4 Å². The molecule has 1 fully saturated rings. The molecule has 19 heavy (non-hydrogen) atoms. The minimum absolute atomic E-state index is 0.144. The summed E-state index contributed by atoms with van der Waals surface area (Å²) < 4.78 is 5.54. The Labute approximate surface area is 112 Å². The van der Waals surface area contributed by atoms with E-state index in [1.54, 1.807) is 18.2 Å². The number of anilines is 1. The van der Waals surface area contributed by atoms with Crippen LogP contribution in [-0.2, 0) is 0 Å². The predicted octanol–water partition coefficient (Wildman–Crippen LogP) is 2.94. The van der Waals surface area contributed by atoms with Crippen molar-refractivity contribution in [2.24, 2.45) is 5.41 Å². The van der Waals surface area contributed by atoms with E-state index in [4.69, 9.17) is 10.2 Å². The molecule has 1 aromatic carbocycles. The molecule has 1 amide bonds. The standard InChI is InChI=1S/C15H18N2O2/c1-2-15(5-6-15)9-17-14(18)13-8-10-7-11(16)3-4-12(10)19-13/h3-4,7-8H,2,5-6,9,16H2,1H3,(H,17,18). The minimum Gasteiger partial charge on any atom is -0.451 e. The molecule has 4 heteroatoms. The third-order valence-corrected chi connectivity index (χ3v) is 4.10. The Hall–Kier alpha value is -1.97. The first kappa shape index (κ1) is 12.1. The van der Waals surface area contributed by atoms with Crippen molar-refractivity contribution < 1.29 is 9.21 Å². The fourth-order valence-electron chi connectivity index (χ4n) is 2.36. The smallest absolute Gasteiger partial charge is 0.287 e. The fraction of sp³-hybridized carbons (Fsp3) is 0.400. The van der Waals surface area contributed by atoms with Crippen molar-refractivity contribution >= 4 is 22.6 Å². The Morgan fingerprint density at radius 2 is 2.21 bits per heavy atom. The zero-order valence-electron chi connectivity index (χ0n) is 11.0. The van der Waals surface area contributed by atoms with Gasteiger partial charge in [0.25, 0.3) is 5.91 Å². The zero-order chi connectivity index (χ0) is 13.5. The second kappa shape index (κ2) is 4.30. The summed E-state index contributed by atoms with van der Waals surface area (Å²) in [4.78, 5) is 12.1. The Bertz CT molecular complexity index is 626. The lowest BCUT2D eigenvalue weighted by atomic mass is 10.0. The molecule has 1 saturated carbocycles. The molecule has 0 unspecified atom stereocenters. The van der Waals surface area contributed by atoms with Crippen molar-refractivity contribution in [3.63, 3.8) is 0 Å². The molecule has 0 atom stereocenters. The number of carbonyl (C=O) groups excluding carboxylic acids is 1. The second-order valence-corrected chi connectivity index (χ2v) is 5.44. The molecule has 0 spiro atoms. The van der Waals surface area contributed by atoms with Crippen LogP contribution >= 0.6 is 0 Å². The van der Waals surface area contributed by atoms with Crippen molar-refractivity contribution in [1.29, 1.82) is 0 Å². The number of carbonyl (C=O) groups is 1. The molecule has 0 aliphatic heterocycles. The van der Waals surface area contributed by atoms with Gasteiger partial charge in [0.15, 0.2) is 5.76 Å². The van der Waals surface area contributed by atoms with Gasteiger partial charge in [0.1, 0.15) is 5.58 Å². The molecule has 3 rings (SSSR count). The van der Waals surface area contributed by atoms with Crippen LogP contribution in [0.15, 0.2) is 28.7 Å². The molecule has 1 aromatic heterocycles. The zero-order valence-corrected chi connectivity index (χ0v) is 11.0. The first-order chi connectivity index (χ1) is 9.12. The lowest BCUT2D eigenvalue weighted by Gasteiger charge is -2.12. The van der Waals surface area contributed by atoms with E-state index in [-0.39, 0.29) is 5.91 Å². The SMILES string of the molecule is CCC1(CNC(=O)c2cc3cc(N)ccc3o2)CC1. The third-order valence-electron chi connectivity index (χ3n) is 4.10. The number of nitrogen functional groups attached to an aromatic ring is 1.